The Labute approximate surface area is 126 Å². The third kappa shape index (κ3) is 3.51. The molecule has 0 aliphatic carbocycles. The fraction of sp³-hybridized carbons (Fsp3) is 0.412. The Balaban J connectivity index is 2.37. The number of nitrogens with one attached hydrogen (secondary N) is 1. The fourth-order valence-electron chi connectivity index (χ4n) is 2.23. The highest BCUT2D eigenvalue weighted by atomic mass is 16.5. The molecule has 0 aliphatic rings. The summed E-state index contributed by atoms with van der Waals surface area (Å²) in [7, 11) is 1.89. The second-order valence-electron chi connectivity index (χ2n) is 5.26. The Kier molecular flexibility index (Phi) is 4.78. The van der Waals surface area contributed by atoms with Crippen LogP contribution in [0.2, 0.25) is 0 Å². The summed E-state index contributed by atoms with van der Waals surface area (Å²) >= 11 is 0. The summed E-state index contributed by atoms with van der Waals surface area (Å²) in [6, 6.07) is 7.93. The van der Waals surface area contributed by atoms with Crippen LogP contribution in [0.4, 0.5) is 5.82 Å². The van der Waals surface area contributed by atoms with Crippen LogP contribution in [0.25, 0.3) is 11.4 Å². The van der Waals surface area contributed by atoms with E-state index in [4.69, 9.17) is 4.74 Å². The zero-order valence-electron chi connectivity index (χ0n) is 13.4. The molecule has 0 unspecified atom stereocenters. The van der Waals surface area contributed by atoms with Crippen molar-refractivity contribution >= 4 is 5.82 Å². The van der Waals surface area contributed by atoms with Crippen molar-refractivity contribution in [1.29, 1.82) is 0 Å². The minimum Gasteiger partial charge on any atom is -0.491 e. The Morgan fingerprint density at radius 1 is 1.14 bits per heavy atom. The second kappa shape index (κ2) is 6.57. The van der Waals surface area contributed by atoms with Crippen molar-refractivity contribution in [2.45, 2.75) is 40.2 Å². The number of rotatable bonds is 5. The largest absolute Gasteiger partial charge is 0.491 e. The molecule has 0 radical (unpaired) electrons. The van der Waals surface area contributed by atoms with Crippen molar-refractivity contribution < 1.29 is 4.74 Å². The van der Waals surface area contributed by atoms with E-state index in [0.717, 1.165) is 40.6 Å². The Hall–Kier alpha value is -2.10. The predicted octanol–water partition coefficient (Wildman–Crippen LogP) is 3.84. The van der Waals surface area contributed by atoms with E-state index in [2.05, 4.69) is 22.2 Å². The van der Waals surface area contributed by atoms with Crippen molar-refractivity contribution in [3.05, 3.63) is 35.5 Å². The lowest BCUT2D eigenvalue weighted by molar-refractivity contribution is 0.242. The average Bonchev–Trinajstić information content (AvgIpc) is 2.48. The molecule has 1 heterocycles. The molecule has 0 atom stereocenters. The molecule has 0 bridgehead atoms. The smallest absolute Gasteiger partial charge is 0.161 e. The van der Waals surface area contributed by atoms with Crippen LogP contribution < -0.4 is 10.1 Å². The summed E-state index contributed by atoms with van der Waals surface area (Å²) in [4.78, 5) is 9.27. The summed E-state index contributed by atoms with van der Waals surface area (Å²) in [6.45, 7) is 8.19. The fourth-order valence-corrected chi connectivity index (χ4v) is 2.23. The minimum absolute atomic E-state index is 0.175. The molecule has 0 aliphatic heterocycles. The second-order valence-corrected chi connectivity index (χ2v) is 5.26. The van der Waals surface area contributed by atoms with E-state index in [9.17, 15) is 0 Å². The molecule has 112 valence electrons. The number of benzene rings is 1. The normalized spacial score (nSPS) is 10.8. The molecule has 2 rings (SSSR count). The number of anilines is 1. The van der Waals surface area contributed by atoms with Gasteiger partial charge < -0.3 is 10.1 Å². The first-order valence-electron chi connectivity index (χ1n) is 7.37. The van der Waals surface area contributed by atoms with Crippen molar-refractivity contribution in [2.75, 3.05) is 12.4 Å². The molecule has 1 N–H and O–H groups in total. The van der Waals surface area contributed by atoms with Crippen LogP contribution in [0.5, 0.6) is 5.75 Å². The van der Waals surface area contributed by atoms with Gasteiger partial charge in [0.05, 0.1) is 6.10 Å². The lowest BCUT2D eigenvalue weighted by atomic mass is 10.1. The first-order valence-corrected chi connectivity index (χ1v) is 7.37. The van der Waals surface area contributed by atoms with Gasteiger partial charge in [0.25, 0.3) is 0 Å². The molecular weight excluding hydrogens is 262 g/mol. The monoisotopic (exact) mass is 285 g/mol. The molecule has 1 aromatic heterocycles. The van der Waals surface area contributed by atoms with Gasteiger partial charge in [0, 0.05) is 23.9 Å². The molecule has 4 heteroatoms. The van der Waals surface area contributed by atoms with Crippen LogP contribution in [0.15, 0.2) is 24.3 Å². The number of aromatic nitrogens is 2. The Bertz CT molecular complexity index is 581. The summed E-state index contributed by atoms with van der Waals surface area (Å²) < 4.78 is 5.66. The van der Waals surface area contributed by atoms with Gasteiger partial charge in [0.1, 0.15) is 11.6 Å². The predicted molar refractivity (Wildman–Crippen MR) is 86.9 cm³/mol. The van der Waals surface area contributed by atoms with Gasteiger partial charge in [-0.05, 0) is 51.5 Å². The maximum absolute atomic E-state index is 5.66. The number of hydrogen-bond acceptors (Lipinski definition) is 4. The van der Waals surface area contributed by atoms with E-state index in [0.29, 0.717) is 0 Å². The van der Waals surface area contributed by atoms with Crippen LogP contribution in [0.1, 0.15) is 32.0 Å². The molecule has 0 amide bonds. The van der Waals surface area contributed by atoms with Gasteiger partial charge in [-0.2, -0.15) is 0 Å². The molecule has 0 fully saturated rings. The first-order chi connectivity index (χ1) is 10.0. The Morgan fingerprint density at radius 3 is 2.33 bits per heavy atom. The molecule has 0 spiro atoms. The standard InChI is InChI=1S/C17H23N3O/c1-6-15-12(4)16(18-5)20-17(19-15)13-7-9-14(10-8-13)21-11(2)3/h7-11H,6H2,1-5H3,(H,18,19,20). The lowest BCUT2D eigenvalue weighted by Crippen LogP contribution is -2.06. The quantitative estimate of drug-likeness (QED) is 0.906. The van der Waals surface area contributed by atoms with Crippen molar-refractivity contribution in [2.24, 2.45) is 0 Å². The Morgan fingerprint density at radius 2 is 1.81 bits per heavy atom. The van der Waals surface area contributed by atoms with E-state index >= 15 is 0 Å². The molecule has 21 heavy (non-hydrogen) atoms. The molecule has 2 aromatic rings. The zero-order valence-corrected chi connectivity index (χ0v) is 13.4. The van der Waals surface area contributed by atoms with Gasteiger partial charge in [-0.15, -0.1) is 0 Å². The molecule has 4 nitrogen and oxygen atoms in total. The van der Waals surface area contributed by atoms with Gasteiger partial charge in [-0.1, -0.05) is 6.92 Å². The third-order valence-corrected chi connectivity index (χ3v) is 3.30. The average molecular weight is 285 g/mol. The molecule has 0 saturated heterocycles. The minimum atomic E-state index is 0.175. The van der Waals surface area contributed by atoms with E-state index in [-0.39, 0.29) is 6.10 Å². The highest BCUT2D eigenvalue weighted by Crippen LogP contribution is 2.24. The van der Waals surface area contributed by atoms with Crippen molar-refractivity contribution in [1.82, 2.24) is 9.97 Å². The van der Waals surface area contributed by atoms with Crippen LogP contribution in [-0.2, 0) is 6.42 Å². The molecular formula is C17H23N3O. The van der Waals surface area contributed by atoms with Crippen molar-refractivity contribution in [3.8, 4) is 17.1 Å². The van der Waals surface area contributed by atoms with Gasteiger partial charge >= 0.3 is 0 Å². The van der Waals surface area contributed by atoms with Gasteiger partial charge in [-0.25, -0.2) is 9.97 Å². The van der Waals surface area contributed by atoms with E-state index in [1.54, 1.807) is 0 Å². The summed E-state index contributed by atoms with van der Waals surface area (Å²) in [5.41, 5.74) is 3.19. The van der Waals surface area contributed by atoms with Crippen molar-refractivity contribution in [3.63, 3.8) is 0 Å². The molecule has 0 saturated carbocycles. The third-order valence-electron chi connectivity index (χ3n) is 3.30. The van der Waals surface area contributed by atoms with Gasteiger partial charge in [-0.3, -0.25) is 0 Å². The van der Waals surface area contributed by atoms with Crippen LogP contribution in [-0.4, -0.2) is 23.1 Å². The molecule has 1 aromatic carbocycles. The van der Waals surface area contributed by atoms with E-state index < -0.39 is 0 Å². The summed E-state index contributed by atoms with van der Waals surface area (Å²) in [5, 5.41) is 3.14. The maximum Gasteiger partial charge on any atom is 0.161 e. The number of nitrogens with zero attached hydrogens (tertiary/aromatic N) is 2. The lowest BCUT2D eigenvalue weighted by Gasteiger charge is -2.12. The highest BCUT2D eigenvalue weighted by Gasteiger charge is 2.10. The zero-order chi connectivity index (χ0) is 15.4. The van der Waals surface area contributed by atoms with Crippen LogP contribution in [0, 0.1) is 6.92 Å². The number of aryl methyl sites for hydroxylation is 1. The first kappa shape index (κ1) is 15.3. The number of hydrogen-bond donors (Lipinski definition) is 1. The van der Waals surface area contributed by atoms with E-state index in [1.807, 2.05) is 52.1 Å². The summed E-state index contributed by atoms with van der Waals surface area (Å²) in [6.07, 6.45) is 1.07. The van der Waals surface area contributed by atoms with Gasteiger partial charge in [0.15, 0.2) is 5.82 Å². The topological polar surface area (TPSA) is 47.0 Å². The van der Waals surface area contributed by atoms with E-state index in [1.165, 1.54) is 0 Å². The number of ether oxygens (including phenoxy) is 1. The van der Waals surface area contributed by atoms with Crippen LogP contribution in [0.3, 0.4) is 0 Å². The highest BCUT2D eigenvalue weighted by molar-refractivity contribution is 5.60. The van der Waals surface area contributed by atoms with Gasteiger partial charge in [0.2, 0.25) is 0 Å². The SMILES string of the molecule is CCc1nc(-c2ccc(OC(C)C)cc2)nc(NC)c1C. The van der Waals surface area contributed by atoms with Crippen LogP contribution >= 0.6 is 0 Å². The maximum atomic E-state index is 5.66. The summed E-state index contributed by atoms with van der Waals surface area (Å²) in [5.74, 6) is 2.50.